The van der Waals surface area contributed by atoms with Gasteiger partial charge in [0, 0.05) is 6.42 Å². The summed E-state index contributed by atoms with van der Waals surface area (Å²) < 4.78 is 13.1. The van der Waals surface area contributed by atoms with E-state index < -0.39 is 23.0 Å². The molecule has 242 valence electrons. The summed E-state index contributed by atoms with van der Waals surface area (Å²) in [5.41, 5.74) is 2.98. The van der Waals surface area contributed by atoms with Crippen molar-refractivity contribution in [2.75, 3.05) is 13.2 Å². The molecule has 0 spiro atoms. The number of carbonyl (C=O) groups excluding carboxylic acids is 2. The van der Waals surface area contributed by atoms with Crippen LogP contribution in [0.15, 0.2) is 69.0 Å². The van der Waals surface area contributed by atoms with Crippen LogP contribution in [0.25, 0.3) is 17.1 Å². The maximum atomic E-state index is 14.3. The molecule has 4 rings (SSSR count). The molecule has 0 unspecified atom stereocenters. The number of rotatable bonds is 12. The minimum Gasteiger partial charge on any atom is -0.466 e. The van der Waals surface area contributed by atoms with Crippen LogP contribution in [-0.4, -0.2) is 38.9 Å². The standard InChI is InChI=1S/C36H41N3O7/c1-7-10-26-15-23(4)17-30(19-26)38-34(42)37(29-13-11-25(6)28(21-29)22-33(41)46-9-3)35(43)39(36(38)44)31-18-24(5)16-27(20-31)12-14-32(40)45-8-2/h11,13,15-21H,7-10,12,14,22H2,1-6H3. The topological polar surface area (TPSA) is 119 Å². The zero-order chi connectivity index (χ0) is 33.5. The third-order valence-corrected chi connectivity index (χ3v) is 7.60. The van der Waals surface area contributed by atoms with Gasteiger partial charge in [0.2, 0.25) is 0 Å². The highest BCUT2D eigenvalue weighted by Crippen LogP contribution is 2.18. The minimum atomic E-state index is -0.861. The average molecular weight is 628 g/mol. The van der Waals surface area contributed by atoms with Gasteiger partial charge in [-0.3, -0.25) is 9.59 Å². The van der Waals surface area contributed by atoms with E-state index in [4.69, 9.17) is 9.47 Å². The zero-order valence-corrected chi connectivity index (χ0v) is 27.3. The van der Waals surface area contributed by atoms with Crippen molar-refractivity contribution >= 4 is 11.9 Å². The molecule has 0 amide bonds. The summed E-state index contributed by atoms with van der Waals surface area (Å²) in [6.07, 6.45) is 2.03. The lowest BCUT2D eigenvalue weighted by molar-refractivity contribution is -0.143. The first-order valence-corrected chi connectivity index (χ1v) is 15.6. The Morgan fingerprint density at radius 3 is 1.63 bits per heavy atom. The van der Waals surface area contributed by atoms with E-state index in [2.05, 4.69) is 0 Å². The number of benzene rings is 3. The number of nitrogens with zero attached hydrogens (tertiary/aromatic N) is 3. The fraction of sp³-hybridized carbons (Fsp3) is 0.361. The van der Waals surface area contributed by atoms with E-state index >= 15 is 0 Å². The first kappa shape index (κ1) is 33.9. The number of ether oxygens (including phenoxy) is 2. The maximum absolute atomic E-state index is 14.3. The van der Waals surface area contributed by atoms with Gasteiger partial charge < -0.3 is 9.47 Å². The number of carbonyl (C=O) groups is 2. The number of aromatic nitrogens is 3. The first-order chi connectivity index (χ1) is 22.0. The van der Waals surface area contributed by atoms with Gasteiger partial charge in [-0.25, -0.2) is 28.1 Å². The average Bonchev–Trinajstić information content (AvgIpc) is 2.97. The van der Waals surface area contributed by atoms with E-state index in [0.717, 1.165) is 54.4 Å². The van der Waals surface area contributed by atoms with E-state index in [1.54, 1.807) is 56.3 Å². The summed E-state index contributed by atoms with van der Waals surface area (Å²) in [4.78, 5) is 67.2. The second-order valence-corrected chi connectivity index (χ2v) is 11.4. The quantitative estimate of drug-likeness (QED) is 0.210. The molecule has 0 saturated carbocycles. The summed E-state index contributed by atoms with van der Waals surface area (Å²) in [7, 11) is 0. The maximum Gasteiger partial charge on any atom is 0.345 e. The largest absolute Gasteiger partial charge is 0.466 e. The number of hydrogen-bond acceptors (Lipinski definition) is 7. The second-order valence-electron chi connectivity index (χ2n) is 11.4. The van der Waals surface area contributed by atoms with Crippen LogP contribution in [0.3, 0.4) is 0 Å². The van der Waals surface area contributed by atoms with Crippen molar-refractivity contribution in [3.05, 3.63) is 119 Å². The Kier molecular flexibility index (Phi) is 10.9. The van der Waals surface area contributed by atoms with Crippen molar-refractivity contribution in [3.8, 4) is 17.1 Å². The molecule has 0 aliphatic carbocycles. The van der Waals surface area contributed by atoms with Crippen molar-refractivity contribution in [2.45, 2.75) is 73.6 Å². The van der Waals surface area contributed by atoms with Crippen LogP contribution in [0, 0.1) is 20.8 Å². The van der Waals surface area contributed by atoms with Gasteiger partial charge in [-0.15, -0.1) is 0 Å². The molecule has 0 radical (unpaired) electrons. The SMILES string of the molecule is CCCc1cc(C)cc(-n2c(=O)n(-c3cc(C)cc(CCC(=O)OCC)c3)c(=O)n(-c3ccc(C)c(CC(=O)OCC)c3)c2=O)c1. The fourth-order valence-electron chi connectivity index (χ4n) is 5.56. The molecule has 46 heavy (non-hydrogen) atoms. The van der Waals surface area contributed by atoms with Gasteiger partial charge in [-0.1, -0.05) is 31.5 Å². The molecule has 0 bridgehead atoms. The van der Waals surface area contributed by atoms with Crippen LogP contribution in [0.5, 0.6) is 0 Å². The molecule has 1 heterocycles. The van der Waals surface area contributed by atoms with E-state index in [-0.39, 0.29) is 43.4 Å². The predicted octanol–water partition coefficient (Wildman–Crippen LogP) is 4.62. The smallest absolute Gasteiger partial charge is 0.345 e. The van der Waals surface area contributed by atoms with Crippen molar-refractivity contribution in [3.63, 3.8) is 0 Å². The van der Waals surface area contributed by atoms with Crippen molar-refractivity contribution < 1.29 is 19.1 Å². The molecule has 4 aromatic rings. The third-order valence-electron chi connectivity index (χ3n) is 7.60. The van der Waals surface area contributed by atoms with Gasteiger partial charge >= 0.3 is 29.0 Å². The Bertz CT molecular complexity index is 1950. The highest BCUT2D eigenvalue weighted by atomic mass is 16.5. The van der Waals surface area contributed by atoms with Crippen molar-refractivity contribution in [2.24, 2.45) is 0 Å². The lowest BCUT2D eigenvalue weighted by Crippen LogP contribution is -2.52. The Morgan fingerprint density at radius 1 is 0.609 bits per heavy atom. The van der Waals surface area contributed by atoms with Crippen molar-refractivity contribution in [1.29, 1.82) is 0 Å². The highest BCUT2D eigenvalue weighted by molar-refractivity contribution is 5.73. The van der Waals surface area contributed by atoms with Crippen LogP contribution < -0.4 is 17.1 Å². The van der Waals surface area contributed by atoms with E-state index in [9.17, 15) is 24.0 Å². The number of hydrogen-bond donors (Lipinski definition) is 0. The third kappa shape index (κ3) is 7.62. The van der Waals surface area contributed by atoms with Gasteiger partial charge in [-0.05, 0) is 117 Å². The van der Waals surface area contributed by atoms with E-state index in [1.165, 1.54) is 0 Å². The lowest BCUT2D eigenvalue weighted by atomic mass is 10.0. The van der Waals surface area contributed by atoms with Crippen LogP contribution in [0.1, 0.15) is 67.0 Å². The zero-order valence-electron chi connectivity index (χ0n) is 27.3. The molecule has 0 fully saturated rings. The molecule has 1 aromatic heterocycles. The van der Waals surface area contributed by atoms with Gasteiger partial charge in [0.25, 0.3) is 0 Å². The molecule has 10 nitrogen and oxygen atoms in total. The lowest BCUT2D eigenvalue weighted by Gasteiger charge is -2.17. The van der Waals surface area contributed by atoms with E-state index in [0.29, 0.717) is 17.7 Å². The molecule has 0 aliphatic rings. The Morgan fingerprint density at radius 2 is 1.11 bits per heavy atom. The molecule has 0 N–H and O–H groups in total. The molecule has 10 heteroatoms. The highest BCUT2D eigenvalue weighted by Gasteiger charge is 2.21. The Balaban J connectivity index is 2.02. The molecular formula is C36H41N3O7. The summed E-state index contributed by atoms with van der Waals surface area (Å²) in [5, 5.41) is 0. The normalized spacial score (nSPS) is 11.0. The van der Waals surface area contributed by atoms with Gasteiger partial charge in [0.05, 0.1) is 36.7 Å². The predicted molar refractivity (Wildman–Crippen MR) is 177 cm³/mol. The summed E-state index contributed by atoms with van der Waals surface area (Å²) >= 11 is 0. The number of esters is 2. The summed E-state index contributed by atoms with van der Waals surface area (Å²) in [6.45, 7) is 11.5. The Hall–Kier alpha value is -4.99. The molecule has 0 aliphatic heterocycles. The van der Waals surface area contributed by atoms with Gasteiger partial charge in [-0.2, -0.15) is 0 Å². The van der Waals surface area contributed by atoms with Crippen molar-refractivity contribution in [1.82, 2.24) is 13.7 Å². The second kappa shape index (κ2) is 14.9. The Labute approximate surface area is 267 Å². The van der Waals surface area contributed by atoms with Crippen LogP contribution in [0.4, 0.5) is 0 Å². The van der Waals surface area contributed by atoms with Crippen LogP contribution >= 0.6 is 0 Å². The van der Waals surface area contributed by atoms with Gasteiger partial charge in [0.1, 0.15) is 0 Å². The van der Waals surface area contributed by atoms with Crippen LogP contribution in [0.2, 0.25) is 0 Å². The fourth-order valence-corrected chi connectivity index (χ4v) is 5.56. The monoisotopic (exact) mass is 627 g/mol. The number of aryl methyl sites for hydroxylation is 5. The first-order valence-electron chi connectivity index (χ1n) is 15.6. The molecule has 0 saturated heterocycles. The van der Waals surface area contributed by atoms with Gasteiger partial charge in [0.15, 0.2) is 0 Å². The minimum absolute atomic E-state index is 0.0456. The van der Waals surface area contributed by atoms with Crippen LogP contribution in [-0.2, 0) is 38.3 Å². The summed E-state index contributed by atoms with van der Waals surface area (Å²) in [6, 6.07) is 15.7. The molecular weight excluding hydrogens is 586 g/mol. The summed E-state index contributed by atoms with van der Waals surface area (Å²) in [5.74, 6) is -0.783. The molecule has 0 atom stereocenters. The molecule has 3 aromatic carbocycles. The van der Waals surface area contributed by atoms with E-state index in [1.807, 2.05) is 39.8 Å².